The van der Waals surface area contributed by atoms with E-state index in [4.69, 9.17) is 0 Å². The number of hydrogen-bond acceptors (Lipinski definition) is 3. The topological polar surface area (TPSA) is 61.4 Å². The first-order valence-corrected chi connectivity index (χ1v) is 11.8. The average molecular weight is 464 g/mol. The summed E-state index contributed by atoms with van der Waals surface area (Å²) >= 11 is 0. The van der Waals surface area contributed by atoms with Gasteiger partial charge >= 0.3 is 6.18 Å². The minimum absolute atomic E-state index is 0.0570. The van der Waals surface area contributed by atoms with Gasteiger partial charge in [-0.05, 0) is 62.1 Å². The number of halogens is 3. The second-order valence-corrected chi connectivity index (χ2v) is 9.81. The third-order valence-electron chi connectivity index (χ3n) is 7.14. The lowest BCUT2D eigenvalue weighted by Crippen LogP contribution is -2.49. The quantitative estimate of drug-likeness (QED) is 0.655. The van der Waals surface area contributed by atoms with E-state index in [1.807, 2.05) is 18.2 Å². The van der Waals surface area contributed by atoms with Gasteiger partial charge in [-0.3, -0.25) is 9.59 Å². The normalized spacial score (nSPS) is 26.8. The Morgan fingerprint density at radius 3 is 2.70 bits per heavy atom. The van der Waals surface area contributed by atoms with E-state index in [-0.39, 0.29) is 23.8 Å². The maximum atomic E-state index is 12.9. The van der Waals surface area contributed by atoms with E-state index in [0.29, 0.717) is 30.6 Å². The number of piperidine rings is 1. The van der Waals surface area contributed by atoms with Crippen LogP contribution < -0.4 is 10.6 Å². The van der Waals surface area contributed by atoms with Crippen molar-refractivity contribution in [2.24, 2.45) is 5.92 Å². The number of amides is 2. The van der Waals surface area contributed by atoms with E-state index in [1.165, 1.54) is 0 Å². The molecule has 2 amide bonds. The highest BCUT2D eigenvalue weighted by atomic mass is 19.4. The third-order valence-corrected chi connectivity index (χ3v) is 7.14. The van der Waals surface area contributed by atoms with E-state index < -0.39 is 24.7 Å². The number of carbonyl (C=O) groups excluding carboxylic acids is 2. The SMILES string of the molecule is C=C1CCC(N2Cc3cc(C[C@H]4CCCC[C@@H]4N[C@H](C)CC(F)(F)F)ccc3C2=O)C(=O)N1. The van der Waals surface area contributed by atoms with E-state index in [2.05, 4.69) is 17.2 Å². The first kappa shape index (κ1) is 23.8. The fourth-order valence-corrected chi connectivity index (χ4v) is 5.58. The van der Waals surface area contributed by atoms with Gasteiger partial charge in [-0.15, -0.1) is 0 Å². The van der Waals surface area contributed by atoms with E-state index in [0.717, 1.165) is 43.2 Å². The van der Waals surface area contributed by atoms with Crippen molar-refractivity contribution in [3.63, 3.8) is 0 Å². The molecule has 180 valence electrons. The molecule has 33 heavy (non-hydrogen) atoms. The fourth-order valence-electron chi connectivity index (χ4n) is 5.58. The summed E-state index contributed by atoms with van der Waals surface area (Å²) in [6.07, 6.45) is 0.963. The minimum atomic E-state index is -4.17. The highest BCUT2D eigenvalue weighted by Gasteiger charge is 2.38. The van der Waals surface area contributed by atoms with Gasteiger partial charge in [0.25, 0.3) is 5.91 Å². The lowest BCUT2D eigenvalue weighted by Gasteiger charge is -2.35. The van der Waals surface area contributed by atoms with Gasteiger partial charge < -0.3 is 15.5 Å². The van der Waals surface area contributed by atoms with Gasteiger partial charge in [-0.2, -0.15) is 13.2 Å². The molecule has 0 aromatic heterocycles. The second-order valence-electron chi connectivity index (χ2n) is 9.81. The maximum Gasteiger partial charge on any atom is 0.390 e. The van der Waals surface area contributed by atoms with Crippen LogP contribution in [0.1, 0.15) is 73.4 Å². The molecule has 0 spiro atoms. The van der Waals surface area contributed by atoms with Crippen molar-refractivity contribution < 1.29 is 22.8 Å². The van der Waals surface area contributed by atoms with Gasteiger partial charge in [0, 0.05) is 29.9 Å². The number of hydrogen-bond donors (Lipinski definition) is 2. The standard InChI is InChI=1S/C25H32F3N3O2/c1-15-7-10-22(23(32)30-15)31-14-19-12-17(8-9-20(19)24(31)33)11-18-5-3-4-6-21(18)29-16(2)13-25(26,27)28/h8-9,12,16,18,21-22,29H,1,3-7,10-11,13-14H2,2H3,(H,30,32)/t16-,18-,21+,22?/m1/s1. The number of fused-ring (bicyclic) bond motifs is 1. The van der Waals surface area contributed by atoms with Crippen LogP contribution in [0, 0.1) is 5.92 Å². The first-order valence-electron chi connectivity index (χ1n) is 11.8. The molecule has 2 heterocycles. The van der Waals surface area contributed by atoms with Gasteiger partial charge in [0.2, 0.25) is 5.91 Å². The Morgan fingerprint density at radius 2 is 1.97 bits per heavy atom. The summed E-state index contributed by atoms with van der Waals surface area (Å²) < 4.78 is 38.3. The molecule has 1 saturated carbocycles. The van der Waals surface area contributed by atoms with Crippen LogP contribution in [0.15, 0.2) is 30.5 Å². The van der Waals surface area contributed by atoms with E-state index >= 15 is 0 Å². The third kappa shape index (κ3) is 5.60. The summed E-state index contributed by atoms with van der Waals surface area (Å²) in [5.74, 6) is -0.0463. The molecule has 0 radical (unpaired) electrons. The zero-order valence-electron chi connectivity index (χ0n) is 19.0. The van der Waals surface area contributed by atoms with E-state index in [9.17, 15) is 22.8 Å². The summed E-state index contributed by atoms with van der Waals surface area (Å²) in [4.78, 5) is 27.0. The Bertz CT molecular complexity index is 930. The molecule has 1 unspecified atom stereocenters. The molecule has 1 saturated heterocycles. The summed E-state index contributed by atoms with van der Waals surface area (Å²) in [6, 6.07) is 4.79. The molecule has 1 aromatic carbocycles. The van der Waals surface area contributed by atoms with Crippen molar-refractivity contribution in [2.45, 2.75) is 89.1 Å². The molecule has 2 fully saturated rings. The molecular formula is C25H32F3N3O2. The molecule has 1 aromatic rings. The summed E-state index contributed by atoms with van der Waals surface area (Å²) in [7, 11) is 0. The molecule has 0 bridgehead atoms. The molecule has 4 rings (SSSR count). The van der Waals surface area contributed by atoms with Gasteiger partial charge in [-0.1, -0.05) is 31.6 Å². The number of nitrogens with one attached hydrogen (secondary N) is 2. The Labute approximate surface area is 192 Å². The van der Waals surface area contributed by atoms with Crippen LogP contribution in [0.3, 0.4) is 0 Å². The lowest BCUT2D eigenvalue weighted by atomic mass is 9.80. The molecule has 1 aliphatic carbocycles. The number of alkyl halides is 3. The van der Waals surface area contributed by atoms with Crippen LogP contribution in [-0.2, 0) is 17.8 Å². The zero-order chi connectivity index (χ0) is 23.8. The van der Waals surface area contributed by atoms with Crippen molar-refractivity contribution in [1.82, 2.24) is 15.5 Å². The van der Waals surface area contributed by atoms with Crippen molar-refractivity contribution >= 4 is 11.8 Å². The number of rotatable bonds is 6. The van der Waals surface area contributed by atoms with Crippen LogP contribution in [0.5, 0.6) is 0 Å². The van der Waals surface area contributed by atoms with Gasteiger partial charge in [0.15, 0.2) is 0 Å². The summed E-state index contributed by atoms with van der Waals surface area (Å²) in [5.41, 5.74) is 3.32. The van der Waals surface area contributed by atoms with Crippen LogP contribution in [0.25, 0.3) is 0 Å². The van der Waals surface area contributed by atoms with Gasteiger partial charge in [-0.25, -0.2) is 0 Å². The Hall–Kier alpha value is -2.35. The second kappa shape index (κ2) is 9.49. The highest BCUT2D eigenvalue weighted by molar-refractivity contribution is 6.01. The van der Waals surface area contributed by atoms with Crippen molar-refractivity contribution in [2.75, 3.05) is 0 Å². The van der Waals surface area contributed by atoms with Crippen LogP contribution in [-0.4, -0.2) is 41.0 Å². The predicted octanol–water partition coefficient (Wildman–Crippen LogP) is 4.47. The zero-order valence-corrected chi connectivity index (χ0v) is 19.0. The highest BCUT2D eigenvalue weighted by Crippen LogP contribution is 2.33. The summed E-state index contributed by atoms with van der Waals surface area (Å²) in [6.45, 7) is 5.80. The van der Waals surface area contributed by atoms with Crippen molar-refractivity contribution in [1.29, 1.82) is 0 Å². The molecular weight excluding hydrogens is 431 g/mol. The minimum Gasteiger partial charge on any atom is -0.329 e. The summed E-state index contributed by atoms with van der Waals surface area (Å²) in [5, 5.41) is 5.98. The predicted molar refractivity (Wildman–Crippen MR) is 119 cm³/mol. The lowest BCUT2D eigenvalue weighted by molar-refractivity contribution is -0.139. The van der Waals surface area contributed by atoms with Crippen LogP contribution in [0.4, 0.5) is 13.2 Å². The largest absolute Gasteiger partial charge is 0.390 e. The Morgan fingerprint density at radius 1 is 1.21 bits per heavy atom. The van der Waals surface area contributed by atoms with Gasteiger partial charge in [0.05, 0.1) is 6.42 Å². The van der Waals surface area contributed by atoms with Crippen LogP contribution in [0.2, 0.25) is 0 Å². The molecule has 8 heteroatoms. The van der Waals surface area contributed by atoms with E-state index in [1.54, 1.807) is 11.8 Å². The molecule has 2 N–H and O–H groups in total. The number of carbonyl (C=O) groups is 2. The molecule has 5 nitrogen and oxygen atoms in total. The van der Waals surface area contributed by atoms with Crippen LogP contribution >= 0.6 is 0 Å². The number of allylic oxidation sites excluding steroid dienone is 1. The van der Waals surface area contributed by atoms with Crippen molar-refractivity contribution in [3.8, 4) is 0 Å². The molecule has 3 aliphatic rings. The van der Waals surface area contributed by atoms with Gasteiger partial charge in [0.1, 0.15) is 6.04 Å². The monoisotopic (exact) mass is 463 g/mol. The average Bonchev–Trinajstić information content (AvgIpc) is 3.04. The maximum absolute atomic E-state index is 12.9. The number of nitrogens with zero attached hydrogens (tertiary/aromatic N) is 1. The fraction of sp³-hybridized carbons (Fsp3) is 0.600. The molecule has 4 atom stereocenters. The Balaban J connectivity index is 1.42. The number of benzene rings is 1. The Kier molecular flexibility index (Phi) is 6.84. The van der Waals surface area contributed by atoms with Crippen molar-refractivity contribution in [3.05, 3.63) is 47.2 Å². The first-order chi connectivity index (χ1) is 15.6. The molecule has 2 aliphatic heterocycles. The smallest absolute Gasteiger partial charge is 0.329 e.